The van der Waals surface area contributed by atoms with Crippen LogP contribution in [0.3, 0.4) is 0 Å². The first-order chi connectivity index (χ1) is 7.25. The molecular formula is C14H20O. The van der Waals surface area contributed by atoms with Crippen molar-refractivity contribution in [2.45, 2.75) is 45.6 Å². The zero-order valence-electron chi connectivity index (χ0n) is 9.70. The summed E-state index contributed by atoms with van der Waals surface area (Å²) in [6.07, 6.45) is 5.90. The summed E-state index contributed by atoms with van der Waals surface area (Å²) < 4.78 is 5.51. The summed E-state index contributed by atoms with van der Waals surface area (Å²) in [5.41, 5.74) is 1.34. The van der Waals surface area contributed by atoms with Crippen LogP contribution in [0.15, 0.2) is 24.3 Å². The van der Waals surface area contributed by atoms with Gasteiger partial charge in [0.2, 0.25) is 0 Å². The highest BCUT2D eigenvalue weighted by Gasteiger charge is 2.16. The lowest BCUT2D eigenvalue weighted by Gasteiger charge is -2.18. The molecule has 1 aliphatic heterocycles. The molecule has 1 aromatic carbocycles. The van der Waals surface area contributed by atoms with E-state index < -0.39 is 0 Å². The molecule has 0 saturated heterocycles. The number of para-hydroxylation sites is 1. The summed E-state index contributed by atoms with van der Waals surface area (Å²) in [4.78, 5) is 0. The molecule has 1 aliphatic carbocycles. The van der Waals surface area contributed by atoms with Crippen molar-refractivity contribution in [2.24, 2.45) is 5.92 Å². The van der Waals surface area contributed by atoms with E-state index in [0.29, 0.717) is 6.10 Å². The van der Waals surface area contributed by atoms with Crippen molar-refractivity contribution in [1.29, 1.82) is 0 Å². The van der Waals surface area contributed by atoms with Crippen LogP contribution in [0.1, 0.15) is 38.7 Å². The first kappa shape index (κ1) is 10.5. The summed E-state index contributed by atoms with van der Waals surface area (Å²) in [7, 11) is 0. The normalized spacial score (nSPS) is 23.2. The largest absolute Gasteiger partial charge is 0.490 e. The third-order valence-corrected chi connectivity index (χ3v) is 3.20. The van der Waals surface area contributed by atoms with E-state index in [4.69, 9.17) is 4.74 Å². The molecule has 0 amide bonds. The van der Waals surface area contributed by atoms with Gasteiger partial charge in [0.1, 0.15) is 11.9 Å². The second-order valence-electron chi connectivity index (χ2n) is 4.78. The zero-order chi connectivity index (χ0) is 10.7. The Kier molecular flexibility index (Phi) is 3.30. The number of ether oxygens (including phenoxy) is 1. The van der Waals surface area contributed by atoms with Crippen LogP contribution >= 0.6 is 0 Å². The molecule has 0 N–H and O–H groups in total. The van der Waals surface area contributed by atoms with Crippen LogP contribution in [0, 0.1) is 5.92 Å². The number of benzene rings is 1. The lowest BCUT2D eigenvalue weighted by atomic mass is 9.88. The third kappa shape index (κ3) is 2.74. The monoisotopic (exact) mass is 204 g/mol. The van der Waals surface area contributed by atoms with E-state index in [1.54, 1.807) is 0 Å². The molecule has 1 nitrogen and oxygen atoms in total. The third-order valence-electron chi connectivity index (χ3n) is 3.20. The van der Waals surface area contributed by atoms with Crippen LogP contribution in [0.2, 0.25) is 0 Å². The van der Waals surface area contributed by atoms with Gasteiger partial charge in [0.05, 0.1) is 0 Å². The van der Waals surface area contributed by atoms with Gasteiger partial charge in [-0.05, 0) is 24.5 Å². The quantitative estimate of drug-likeness (QED) is 0.624. The van der Waals surface area contributed by atoms with Crippen LogP contribution in [-0.2, 0) is 6.42 Å². The van der Waals surface area contributed by atoms with Gasteiger partial charge in [0.15, 0.2) is 0 Å². The molecule has 1 unspecified atom stereocenters. The molecule has 1 atom stereocenters. The molecular weight excluding hydrogens is 184 g/mol. The van der Waals surface area contributed by atoms with E-state index in [9.17, 15) is 0 Å². The van der Waals surface area contributed by atoms with Gasteiger partial charge < -0.3 is 4.74 Å². The molecule has 0 bridgehead atoms. The molecule has 1 heteroatoms. The van der Waals surface area contributed by atoms with E-state index in [1.807, 2.05) is 12.1 Å². The minimum absolute atomic E-state index is 0.373. The molecule has 1 aromatic rings. The smallest absolute Gasteiger partial charge is 0.123 e. The highest BCUT2D eigenvalue weighted by Crippen LogP contribution is 2.27. The molecule has 15 heavy (non-hydrogen) atoms. The molecule has 0 spiro atoms. The van der Waals surface area contributed by atoms with Gasteiger partial charge in [-0.15, -0.1) is 0 Å². The fourth-order valence-electron chi connectivity index (χ4n) is 1.97. The molecule has 82 valence electrons. The predicted octanol–water partition coefficient (Wildman–Crippen LogP) is 3.82. The summed E-state index contributed by atoms with van der Waals surface area (Å²) in [6, 6.07) is 8.22. The van der Waals surface area contributed by atoms with Crippen LogP contribution < -0.4 is 4.74 Å². The Labute approximate surface area is 92.5 Å². The first-order valence-electron chi connectivity index (χ1n) is 6.00. The van der Waals surface area contributed by atoms with Crippen LogP contribution in [-0.4, -0.2) is 6.10 Å². The first-order valence-corrected chi connectivity index (χ1v) is 6.00. The molecule has 2 aliphatic rings. The van der Waals surface area contributed by atoms with E-state index in [2.05, 4.69) is 26.0 Å². The van der Waals surface area contributed by atoms with Crippen molar-refractivity contribution < 1.29 is 4.74 Å². The molecule has 1 saturated carbocycles. The standard InChI is InChI=1S/C9H10O.C5H10/c1-7-6-8-4-2-3-5-9(8)10-7;1-5-3-2-4-5/h2-5,7H,6H2,1H3;5H,2-4H2,1H3. The molecule has 0 aromatic heterocycles. The number of hydrogen-bond acceptors (Lipinski definition) is 1. The summed E-state index contributed by atoms with van der Waals surface area (Å²) in [6.45, 7) is 4.41. The lowest BCUT2D eigenvalue weighted by molar-refractivity contribution is 0.254. The second-order valence-corrected chi connectivity index (χ2v) is 4.78. The van der Waals surface area contributed by atoms with Gasteiger partial charge in [-0.2, -0.15) is 0 Å². The predicted molar refractivity (Wildman–Crippen MR) is 63.3 cm³/mol. The van der Waals surface area contributed by atoms with Crippen molar-refractivity contribution in [1.82, 2.24) is 0 Å². The van der Waals surface area contributed by atoms with E-state index >= 15 is 0 Å². The van der Waals surface area contributed by atoms with E-state index in [1.165, 1.54) is 24.8 Å². The van der Waals surface area contributed by atoms with Gasteiger partial charge in [0.25, 0.3) is 0 Å². The van der Waals surface area contributed by atoms with E-state index in [0.717, 1.165) is 18.1 Å². The number of fused-ring (bicyclic) bond motifs is 1. The maximum absolute atomic E-state index is 5.51. The SMILES string of the molecule is CC1CCC1.CC1Cc2ccccc2O1. The fraction of sp³-hybridized carbons (Fsp3) is 0.571. The molecule has 0 radical (unpaired) electrons. The van der Waals surface area contributed by atoms with Gasteiger partial charge in [-0.25, -0.2) is 0 Å². The highest BCUT2D eigenvalue weighted by atomic mass is 16.5. The van der Waals surface area contributed by atoms with Crippen molar-refractivity contribution >= 4 is 0 Å². The number of hydrogen-bond donors (Lipinski definition) is 0. The Bertz CT molecular complexity index is 290. The molecule has 1 fully saturated rings. The van der Waals surface area contributed by atoms with Crippen molar-refractivity contribution in [2.75, 3.05) is 0 Å². The maximum atomic E-state index is 5.51. The van der Waals surface area contributed by atoms with Gasteiger partial charge >= 0.3 is 0 Å². The van der Waals surface area contributed by atoms with E-state index in [-0.39, 0.29) is 0 Å². The Morgan fingerprint density at radius 2 is 1.80 bits per heavy atom. The Balaban J connectivity index is 0.000000144. The fourth-order valence-corrected chi connectivity index (χ4v) is 1.97. The zero-order valence-corrected chi connectivity index (χ0v) is 9.70. The minimum atomic E-state index is 0.373. The minimum Gasteiger partial charge on any atom is -0.490 e. The van der Waals surface area contributed by atoms with Gasteiger partial charge in [-0.3, -0.25) is 0 Å². The number of rotatable bonds is 0. The Hall–Kier alpha value is -0.980. The second kappa shape index (κ2) is 4.69. The topological polar surface area (TPSA) is 9.23 Å². The molecule has 3 rings (SSSR count). The van der Waals surface area contributed by atoms with Crippen molar-refractivity contribution in [3.8, 4) is 5.75 Å². The maximum Gasteiger partial charge on any atom is 0.123 e. The van der Waals surface area contributed by atoms with Crippen molar-refractivity contribution in [3.05, 3.63) is 29.8 Å². The van der Waals surface area contributed by atoms with Crippen molar-refractivity contribution in [3.63, 3.8) is 0 Å². The molecule has 1 heterocycles. The summed E-state index contributed by atoms with van der Waals surface area (Å²) >= 11 is 0. The Morgan fingerprint density at radius 1 is 1.13 bits per heavy atom. The van der Waals surface area contributed by atoms with Gasteiger partial charge in [-0.1, -0.05) is 44.4 Å². The van der Waals surface area contributed by atoms with Crippen LogP contribution in [0.25, 0.3) is 0 Å². The average molecular weight is 204 g/mol. The lowest BCUT2D eigenvalue weighted by Crippen LogP contribution is -2.05. The van der Waals surface area contributed by atoms with Crippen LogP contribution in [0.5, 0.6) is 5.75 Å². The Morgan fingerprint density at radius 3 is 2.33 bits per heavy atom. The van der Waals surface area contributed by atoms with Gasteiger partial charge in [0, 0.05) is 6.42 Å². The highest BCUT2D eigenvalue weighted by molar-refractivity contribution is 5.36. The summed E-state index contributed by atoms with van der Waals surface area (Å²) in [5, 5.41) is 0. The summed E-state index contributed by atoms with van der Waals surface area (Å²) in [5.74, 6) is 2.13. The average Bonchev–Trinajstić information content (AvgIpc) is 2.55. The van der Waals surface area contributed by atoms with Crippen LogP contribution in [0.4, 0.5) is 0 Å².